The lowest BCUT2D eigenvalue weighted by Gasteiger charge is -2.20. The Hall–Kier alpha value is -0.380. The van der Waals surface area contributed by atoms with Gasteiger partial charge < -0.3 is 10.2 Å². The second kappa shape index (κ2) is 7.93. The molecule has 3 heteroatoms. The molecular formula is C15H25BrN2. The minimum absolute atomic E-state index is 0.635. The highest BCUT2D eigenvalue weighted by molar-refractivity contribution is 9.10. The molecule has 0 saturated heterocycles. The number of rotatable bonds is 7. The summed E-state index contributed by atoms with van der Waals surface area (Å²) in [6.07, 6.45) is 1.19. The van der Waals surface area contributed by atoms with E-state index in [2.05, 4.69) is 72.2 Å². The first-order valence-electron chi connectivity index (χ1n) is 6.66. The van der Waals surface area contributed by atoms with Crippen molar-refractivity contribution in [2.45, 2.75) is 39.8 Å². The van der Waals surface area contributed by atoms with Crippen LogP contribution in [0, 0.1) is 6.92 Å². The molecule has 0 atom stereocenters. The molecule has 102 valence electrons. The van der Waals surface area contributed by atoms with Crippen LogP contribution < -0.4 is 5.32 Å². The van der Waals surface area contributed by atoms with E-state index in [0.29, 0.717) is 6.04 Å². The first-order valence-corrected chi connectivity index (χ1v) is 7.46. The lowest BCUT2D eigenvalue weighted by atomic mass is 10.1. The molecule has 2 nitrogen and oxygen atoms in total. The van der Waals surface area contributed by atoms with Crippen molar-refractivity contribution in [3.8, 4) is 0 Å². The van der Waals surface area contributed by atoms with E-state index in [1.54, 1.807) is 0 Å². The van der Waals surface area contributed by atoms with E-state index in [9.17, 15) is 0 Å². The predicted molar refractivity (Wildman–Crippen MR) is 83.0 cm³/mol. The Bertz CT molecular complexity index is 364. The molecule has 18 heavy (non-hydrogen) atoms. The number of nitrogens with zero attached hydrogens (tertiary/aromatic N) is 1. The Morgan fingerprint density at radius 2 is 2.06 bits per heavy atom. The van der Waals surface area contributed by atoms with Gasteiger partial charge >= 0.3 is 0 Å². The van der Waals surface area contributed by atoms with E-state index in [-0.39, 0.29) is 0 Å². The molecule has 0 aliphatic heterocycles. The molecule has 0 spiro atoms. The summed E-state index contributed by atoms with van der Waals surface area (Å²) in [7, 11) is 2.18. The highest BCUT2D eigenvalue weighted by atomic mass is 79.9. The Balaban J connectivity index is 2.22. The molecule has 0 unspecified atom stereocenters. The van der Waals surface area contributed by atoms with E-state index < -0.39 is 0 Å². The molecule has 0 aliphatic rings. The van der Waals surface area contributed by atoms with Crippen LogP contribution in [0.5, 0.6) is 0 Å². The maximum absolute atomic E-state index is 3.61. The summed E-state index contributed by atoms with van der Waals surface area (Å²) in [5, 5.41) is 3.50. The fraction of sp³-hybridized carbons (Fsp3) is 0.600. The molecule has 0 aromatic heterocycles. The van der Waals surface area contributed by atoms with Gasteiger partial charge in [-0.15, -0.1) is 0 Å². The monoisotopic (exact) mass is 312 g/mol. The van der Waals surface area contributed by atoms with Crippen LogP contribution in [0.15, 0.2) is 22.7 Å². The molecule has 0 radical (unpaired) electrons. The Morgan fingerprint density at radius 1 is 1.33 bits per heavy atom. The SMILES string of the molecule is Cc1ccc(CNCCCN(C)C(C)C)c(Br)c1. The van der Waals surface area contributed by atoms with Crippen molar-refractivity contribution in [3.05, 3.63) is 33.8 Å². The van der Waals surface area contributed by atoms with Gasteiger partial charge in [0.2, 0.25) is 0 Å². The van der Waals surface area contributed by atoms with Gasteiger partial charge in [0.05, 0.1) is 0 Å². The van der Waals surface area contributed by atoms with Crippen LogP contribution in [-0.4, -0.2) is 31.1 Å². The van der Waals surface area contributed by atoms with Crippen LogP contribution in [0.2, 0.25) is 0 Å². The zero-order chi connectivity index (χ0) is 13.5. The van der Waals surface area contributed by atoms with Crippen LogP contribution >= 0.6 is 15.9 Å². The van der Waals surface area contributed by atoms with Gasteiger partial charge in [0.25, 0.3) is 0 Å². The largest absolute Gasteiger partial charge is 0.313 e. The fourth-order valence-corrected chi connectivity index (χ4v) is 2.36. The van der Waals surface area contributed by atoms with Crippen LogP contribution in [0.3, 0.4) is 0 Å². The van der Waals surface area contributed by atoms with Crippen LogP contribution in [0.25, 0.3) is 0 Å². The third kappa shape index (κ3) is 5.51. The van der Waals surface area contributed by atoms with Crippen molar-refractivity contribution >= 4 is 15.9 Å². The second-order valence-electron chi connectivity index (χ2n) is 5.20. The third-order valence-corrected chi connectivity index (χ3v) is 4.01. The van der Waals surface area contributed by atoms with Gasteiger partial charge in [-0.05, 0) is 64.5 Å². The lowest BCUT2D eigenvalue weighted by Crippen LogP contribution is -2.29. The molecule has 0 fully saturated rings. The van der Waals surface area contributed by atoms with E-state index >= 15 is 0 Å². The van der Waals surface area contributed by atoms with Crippen molar-refractivity contribution in [1.82, 2.24) is 10.2 Å². The van der Waals surface area contributed by atoms with Gasteiger partial charge in [-0.2, -0.15) is 0 Å². The van der Waals surface area contributed by atoms with Crippen LogP contribution in [-0.2, 0) is 6.54 Å². The average molecular weight is 313 g/mol. The lowest BCUT2D eigenvalue weighted by molar-refractivity contribution is 0.269. The molecular weight excluding hydrogens is 288 g/mol. The van der Waals surface area contributed by atoms with Crippen molar-refractivity contribution < 1.29 is 0 Å². The summed E-state index contributed by atoms with van der Waals surface area (Å²) in [4.78, 5) is 2.38. The summed E-state index contributed by atoms with van der Waals surface area (Å²) in [5.74, 6) is 0. The second-order valence-corrected chi connectivity index (χ2v) is 6.05. The van der Waals surface area contributed by atoms with E-state index in [4.69, 9.17) is 0 Å². The van der Waals surface area contributed by atoms with Gasteiger partial charge in [0, 0.05) is 17.1 Å². The smallest absolute Gasteiger partial charge is 0.0222 e. The average Bonchev–Trinajstić information content (AvgIpc) is 2.30. The normalized spacial score (nSPS) is 11.5. The molecule has 0 heterocycles. The topological polar surface area (TPSA) is 15.3 Å². The predicted octanol–water partition coefficient (Wildman–Crippen LogP) is 3.58. The van der Waals surface area contributed by atoms with Gasteiger partial charge in [0.15, 0.2) is 0 Å². The first-order chi connectivity index (χ1) is 8.50. The van der Waals surface area contributed by atoms with E-state index in [1.807, 2.05) is 0 Å². The van der Waals surface area contributed by atoms with Crippen LogP contribution in [0.4, 0.5) is 0 Å². The molecule has 0 amide bonds. The summed E-state index contributed by atoms with van der Waals surface area (Å²) in [6, 6.07) is 7.15. The summed E-state index contributed by atoms with van der Waals surface area (Å²) < 4.78 is 1.20. The van der Waals surface area contributed by atoms with Crippen molar-refractivity contribution in [2.75, 3.05) is 20.1 Å². The number of benzene rings is 1. The zero-order valence-electron chi connectivity index (χ0n) is 12.0. The van der Waals surface area contributed by atoms with Gasteiger partial charge in [-0.1, -0.05) is 28.1 Å². The molecule has 0 bridgehead atoms. The third-order valence-electron chi connectivity index (χ3n) is 3.27. The van der Waals surface area contributed by atoms with Crippen molar-refractivity contribution in [2.24, 2.45) is 0 Å². The van der Waals surface area contributed by atoms with E-state index in [1.165, 1.54) is 22.0 Å². The highest BCUT2D eigenvalue weighted by Gasteiger charge is 2.02. The van der Waals surface area contributed by atoms with E-state index in [0.717, 1.165) is 19.6 Å². The molecule has 1 N–H and O–H groups in total. The van der Waals surface area contributed by atoms with Gasteiger partial charge in [0.1, 0.15) is 0 Å². The van der Waals surface area contributed by atoms with Crippen LogP contribution in [0.1, 0.15) is 31.4 Å². The zero-order valence-corrected chi connectivity index (χ0v) is 13.5. The number of aryl methyl sites for hydroxylation is 1. The van der Waals surface area contributed by atoms with Gasteiger partial charge in [-0.25, -0.2) is 0 Å². The summed E-state index contributed by atoms with van der Waals surface area (Å²) in [6.45, 7) is 9.74. The molecule has 0 saturated carbocycles. The first kappa shape index (κ1) is 15.7. The number of hydrogen-bond donors (Lipinski definition) is 1. The van der Waals surface area contributed by atoms with Crippen molar-refractivity contribution in [1.29, 1.82) is 0 Å². The molecule has 1 aromatic rings. The fourth-order valence-electron chi connectivity index (χ4n) is 1.73. The van der Waals surface area contributed by atoms with Crippen molar-refractivity contribution in [3.63, 3.8) is 0 Å². The summed E-state index contributed by atoms with van der Waals surface area (Å²) in [5.41, 5.74) is 2.63. The summed E-state index contributed by atoms with van der Waals surface area (Å²) >= 11 is 3.61. The van der Waals surface area contributed by atoms with Gasteiger partial charge in [-0.3, -0.25) is 0 Å². The molecule has 1 rings (SSSR count). The minimum Gasteiger partial charge on any atom is -0.313 e. The molecule has 0 aliphatic carbocycles. The molecule has 1 aromatic carbocycles. The standard InChI is InChI=1S/C15H25BrN2/c1-12(2)18(4)9-5-8-17-11-14-7-6-13(3)10-15(14)16/h6-7,10,12,17H,5,8-9,11H2,1-4H3. The highest BCUT2D eigenvalue weighted by Crippen LogP contribution is 2.17. The maximum atomic E-state index is 3.61. The Kier molecular flexibility index (Phi) is 6.90. The number of halogens is 1. The quantitative estimate of drug-likeness (QED) is 0.774. The Labute approximate surface area is 120 Å². The maximum Gasteiger partial charge on any atom is 0.0222 e. The number of nitrogens with one attached hydrogen (secondary N) is 1. The number of hydrogen-bond acceptors (Lipinski definition) is 2. The Morgan fingerprint density at radius 3 is 2.67 bits per heavy atom. The minimum atomic E-state index is 0.635.